The van der Waals surface area contributed by atoms with Gasteiger partial charge in [0.2, 0.25) is 0 Å². The van der Waals surface area contributed by atoms with Crippen LogP contribution in [0.3, 0.4) is 0 Å². The van der Waals surface area contributed by atoms with E-state index in [-0.39, 0.29) is 30.8 Å². The van der Waals surface area contributed by atoms with Gasteiger partial charge in [0.25, 0.3) is 10.1 Å². The predicted octanol–water partition coefficient (Wildman–Crippen LogP) is 3.44. The average molecular weight is 387 g/mol. The Morgan fingerprint density at radius 2 is 1.73 bits per heavy atom. The molecule has 0 aliphatic carbocycles. The minimum Gasteiger partial charge on any atom is -0.444 e. The summed E-state index contributed by atoms with van der Waals surface area (Å²) in [5.74, 6) is 0. The van der Waals surface area contributed by atoms with Crippen LogP contribution in [0.2, 0.25) is 0 Å². The van der Waals surface area contributed by atoms with Crippen LogP contribution in [-0.2, 0) is 19.0 Å². The number of piperidine rings is 1. The molecular formula is C18H26FNO5S. The van der Waals surface area contributed by atoms with Gasteiger partial charge in [-0.25, -0.2) is 9.18 Å². The van der Waals surface area contributed by atoms with Crippen molar-refractivity contribution < 1.29 is 26.5 Å². The largest absolute Gasteiger partial charge is 0.444 e. The van der Waals surface area contributed by atoms with Crippen LogP contribution in [0, 0.1) is 6.92 Å². The topological polar surface area (TPSA) is 72.9 Å². The molecule has 1 saturated heterocycles. The zero-order chi connectivity index (χ0) is 19.6. The summed E-state index contributed by atoms with van der Waals surface area (Å²) >= 11 is 0. The molecule has 0 N–H and O–H groups in total. The van der Waals surface area contributed by atoms with Crippen LogP contribution in [0.1, 0.15) is 39.2 Å². The molecule has 0 radical (unpaired) electrons. The molecule has 1 heterocycles. The van der Waals surface area contributed by atoms with Crippen LogP contribution in [0.25, 0.3) is 0 Å². The number of aryl methyl sites for hydroxylation is 1. The smallest absolute Gasteiger partial charge is 0.410 e. The molecule has 2 rings (SSSR count). The quantitative estimate of drug-likeness (QED) is 0.740. The van der Waals surface area contributed by atoms with Crippen molar-refractivity contribution in [3.63, 3.8) is 0 Å². The highest BCUT2D eigenvalue weighted by Crippen LogP contribution is 2.29. The third-order valence-electron chi connectivity index (χ3n) is 4.09. The van der Waals surface area contributed by atoms with Crippen LogP contribution in [0.4, 0.5) is 9.18 Å². The van der Waals surface area contributed by atoms with Gasteiger partial charge in [-0.05, 0) is 39.8 Å². The molecule has 0 unspecified atom stereocenters. The molecule has 26 heavy (non-hydrogen) atoms. The molecular weight excluding hydrogens is 361 g/mol. The van der Waals surface area contributed by atoms with E-state index in [0.29, 0.717) is 0 Å². The second-order valence-electron chi connectivity index (χ2n) is 7.65. The van der Waals surface area contributed by atoms with Gasteiger partial charge in [0.15, 0.2) is 0 Å². The first-order chi connectivity index (χ1) is 11.9. The highest BCUT2D eigenvalue weighted by Gasteiger charge is 2.39. The average Bonchev–Trinajstić information content (AvgIpc) is 2.53. The molecule has 1 fully saturated rings. The Kier molecular flexibility index (Phi) is 5.97. The summed E-state index contributed by atoms with van der Waals surface area (Å²) < 4.78 is 49.5. The minimum absolute atomic E-state index is 0.00195. The van der Waals surface area contributed by atoms with Crippen molar-refractivity contribution in [1.29, 1.82) is 0 Å². The first kappa shape index (κ1) is 20.6. The van der Waals surface area contributed by atoms with E-state index in [1.165, 1.54) is 17.0 Å². The van der Waals surface area contributed by atoms with Gasteiger partial charge in [-0.1, -0.05) is 17.7 Å². The van der Waals surface area contributed by atoms with Crippen LogP contribution in [0.15, 0.2) is 29.2 Å². The Morgan fingerprint density at radius 1 is 1.19 bits per heavy atom. The second kappa shape index (κ2) is 7.52. The predicted molar refractivity (Wildman–Crippen MR) is 95.2 cm³/mol. The maximum absolute atomic E-state index is 14.9. The number of nitrogens with zero attached hydrogens (tertiary/aromatic N) is 1. The van der Waals surface area contributed by atoms with Gasteiger partial charge in [-0.15, -0.1) is 0 Å². The van der Waals surface area contributed by atoms with Crippen LogP contribution >= 0.6 is 0 Å². The van der Waals surface area contributed by atoms with Gasteiger partial charge in [-0.2, -0.15) is 8.42 Å². The van der Waals surface area contributed by atoms with E-state index in [1.807, 2.05) is 6.92 Å². The summed E-state index contributed by atoms with van der Waals surface area (Å²) in [4.78, 5) is 13.4. The number of halogens is 1. The highest BCUT2D eigenvalue weighted by molar-refractivity contribution is 7.86. The lowest BCUT2D eigenvalue weighted by atomic mass is 9.95. The molecule has 0 atom stereocenters. The number of alkyl halides is 1. The van der Waals surface area contributed by atoms with Gasteiger partial charge in [0, 0.05) is 25.9 Å². The number of hydrogen-bond donors (Lipinski definition) is 0. The van der Waals surface area contributed by atoms with Gasteiger partial charge < -0.3 is 9.64 Å². The van der Waals surface area contributed by atoms with E-state index < -0.39 is 34.1 Å². The summed E-state index contributed by atoms with van der Waals surface area (Å²) in [5.41, 5.74) is -1.50. The SMILES string of the molecule is Cc1ccc(S(=O)(=O)OCC2(F)CCN(C(=O)OC(C)(C)C)CC2)cc1. The van der Waals surface area contributed by atoms with Crippen molar-refractivity contribution in [2.24, 2.45) is 0 Å². The third-order valence-corrected chi connectivity index (χ3v) is 5.37. The molecule has 1 aliphatic heterocycles. The normalized spacial score (nSPS) is 17.8. The van der Waals surface area contributed by atoms with E-state index in [9.17, 15) is 17.6 Å². The van der Waals surface area contributed by atoms with E-state index in [2.05, 4.69) is 0 Å². The fraction of sp³-hybridized carbons (Fsp3) is 0.611. The molecule has 0 aromatic heterocycles. The van der Waals surface area contributed by atoms with E-state index in [4.69, 9.17) is 8.92 Å². The van der Waals surface area contributed by atoms with Gasteiger partial charge in [-0.3, -0.25) is 4.18 Å². The number of rotatable bonds is 4. The maximum atomic E-state index is 14.9. The number of carbonyl (C=O) groups excluding carboxylic acids is 1. The number of amides is 1. The number of carbonyl (C=O) groups is 1. The van der Waals surface area contributed by atoms with Crippen molar-refractivity contribution in [3.8, 4) is 0 Å². The zero-order valence-corrected chi connectivity index (χ0v) is 16.4. The molecule has 8 heteroatoms. The van der Waals surface area contributed by atoms with Crippen molar-refractivity contribution in [3.05, 3.63) is 29.8 Å². The standard InChI is InChI=1S/C18H26FNO5S/c1-14-5-7-15(8-6-14)26(22,23)24-13-18(19)9-11-20(12-10-18)16(21)25-17(2,3)4/h5-8H,9-13H2,1-4H3. The van der Waals surface area contributed by atoms with Crippen molar-refractivity contribution in [2.45, 2.75) is 56.7 Å². The van der Waals surface area contributed by atoms with Gasteiger partial charge in [0.05, 0.1) is 4.90 Å². The number of likely N-dealkylation sites (tertiary alicyclic amines) is 1. The first-order valence-corrected chi connectivity index (χ1v) is 9.94. The van der Waals surface area contributed by atoms with Crippen molar-refractivity contribution in [2.75, 3.05) is 19.7 Å². The van der Waals surface area contributed by atoms with Crippen LogP contribution in [-0.4, -0.2) is 50.4 Å². The highest BCUT2D eigenvalue weighted by atomic mass is 32.2. The Balaban J connectivity index is 1.91. The van der Waals surface area contributed by atoms with Gasteiger partial charge in [0.1, 0.15) is 17.9 Å². The molecule has 146 valence electrons. The molecule has 1 aromatic carbocycles. The lowest BCUT2D eigenvalue weighted by Crippen LogP contribution is -2.48. The number of hydrogen-bond acceptors (Lipinski definition) is 5. The lowest BCUT2D eigenvalue weighted by molar-refractivity contribution is -0.00849. The second-order valence-corrected chi connectivity index (χ2v) is 9.26. The fourth-order valence-corrected chi connectivity index (χ4v) is 3.49. The van der Waals surface area contributed by atoms with E-state index in [1.54, 1.807) is 32.9 Å². The van der Waals surface area contributed by atoms with Crippen molar-refractivity contribution in [1.82, 2.24) is 4.90 Å². The van der Waals surface area contributed by atoms with E-state index in [0.717, 1.165) is 5.56 Å². The molecule has 1 aliphatic rings. The Bertz CT molecular complexity index is 732. The van der Waals surface area contributed by atoms with Gasteiger partial charge >= 0.3 is 6.09 Å². The van der Waals surface area contributed by atoms with Crippen molar-refractivity contribution >= 4 is 16.2 Å². The molecule has 0 spiro atoms. The number of benzene rings is 1. The molecule has 0 bridgehead atoms. The summed E-state index contributed by atoms with van der Waals surface area (Å²) in [6, 6.07) is 6.17. The molecule has 1 aromatic rings. The molecule has 0 saturated carbocycles. The number of ether oxygens (including phenoxy) is 1. The monoisotopic (exact) mass is 387 g/mol. The summed E-state index contributed by atoms with van der Waals surface area (Å²) in [7, 11) is -4.01. The summed E-state index contributed by atoms with van der Waals surface area (Å²) in [5, 5.41) is 0. The summed E-state index contributed by atoms with van der Waals surface area (Å²) in [6.07, 6.45) is -0.501. The summed E-state index contributed by atoms with van der Waals surface area (Å²) in [6.45, 7) is 6.87. The van der Waals surface area contributed by atoms with Crippen LogP contribution < -0.4 is 0 Å². The molecule has 1 amide bonds. The Hall–Kier alpha value is -1.67. The Labute approximate surface area is 154 Å². The van der Waals surface area contributed by atoms with Crippen LogP contribution in [0.5, 0.6) is 0 Å². The maximum Gasteiger partial charge on any atom is 0.410 e. The fourth-order valence-electron chi connectivity index (χ4n) is 2.52. The molecule has 6 nitrogen and oxygen atoms in total. The third kappa shape index (κ3) is 5.67. The minimum atomic E-state index is -4.01. The first-order valence-electron chi connectivity index (χ1n) is 8.53. The van der Waals surface area contributed by atoms with E-state index >= 15 is 0 Å². The zero-order valence-electron chi connectivity index (χ0n) is 15.6. The lowest BCUT2D eigenvalue weighted by Gasteiger charge is -2.36. The Morgan fingerprint density at radius 3 is 2.23 bits per heavy atom.